The second-order valence-electron chi connectivity index (χ2n) is 10.7. The van der Waals surface area contributed by atoms with Gasteiger partial charge in [0.25, 0.3) is 0 Å². The molecule has 4 aromatic rings. The van der Waals surface area contributed by atoms with Gasteiger partial charge in [0.15, 0.2) is 0 Å². The van der Waals surface area contributed by atoms with Gasteiger partial charge in [-0.15, -0.1) is 0 Å². The highest BCUT2D eigenvalue weighted by molar-refractivity contribution is 5.54. The van der Waals surface area contributed by atoms with Crippen molar-refractivity contribution >= 4 is 5.69 Å². The maximum Gasteiger partial charge on any atom is 0.132 e. The van der Waals surface area contributed by atoms with Gasteiger partial charge in [0, 0.05) is 17.8 Å². The first kappa shape index (κ1) is 26.9. The molecule has 0 aliphatic carbocycles. The number of fused-ring (bicyclic) bond motifs is 1. The maximum atomic E-state index is 13.3. The molecule has 5 rings (SSSR count). The molecule has 4 aromatic carbocycles. The Morgan fingerprint density at radius 3 is 2.28 bits per heavy atom. The van der Waals surface area contributed by atoms with Crippen LogP contribution in [0.25, 0.3) is 0 Å². The fraction of sp³-hybridized carbons (Fsp3) is 0.294. The summed E-state index contributed by atoms with van der Waals surface area (Å²) in [5.41, 5.74) is 5.86. The van der Waals surface area contributed by atoms with Crippen LogP contribution in [-0.2, 0) is 29.0 Å². The minimum atomic E-state index is -0.599. The van der Waals surface area contributed by atoms with E-state index in [4.69, 9.17) is 14.2 Å². The van der Waals surface area contributed by atoms with E-state index in [0.717, 1.165) is 34.5 Å². The van der Waals surface area contributed by atoms with Gasteiger partial charge in [-0.1, -0.05) is 72.3 Å². The van der Waals surface area contributed by atoms with Crippen molar-refractivity contribution in [1.29, 1.82) is 0 Å². The van der Waals surface area contributed by atoms with Gasteiger partial charge >= 0.3 is 0 Å². The summed E-state index contributed by atoms with van der Waals surface area (Å²) in [5, 5.41) is 3.46. The monoisotopic (exact) mass is 525 g/mol. The van der Waals surface area contributed by atoms with Crippen LogP contribution >= 0.6 is 0 Å². The second-order valence-corrected chi connectivity index (χ2v) is 10.7. The molecular weight excluding hydrogens is 489 g/mol. The van der Waals surface area contributed by atoms with Crippen molar-refractivity contribution in [2.45, 2.75) is 58.2 Å². The third kappa shape index (κ3) is 6.86. The largest absolute Gasteiger partial charge is 0.485 e. The van der Waals surface area contributed by atoms with Crippen LogP contribution in [0, 0.1) is 12.7 Å². The quantitative estimate of drug-likeness (QED) is 0.229. The average Bonchev–Trinajstić information content (AvgIpc) is 2.93. The van der Waals surface area contributed by atoms with Gasteiger partial charge < -0.3 is 19.5 Å². The minimum Gasteiger partial charge on any atom is -0.485 e. The molecule has 0 amide bonds. The second kappa shape index (κ2) is 12.0. The van der Waals surface area contributed by atoms with Crippen LogP contribution in [0.3, 0.4) is 0 Å². The number of nitrogens with one attached hydrogen (secondary N) is 1. The number of anilines is 1. The third-order valence-corrected chi connectivity index (χ3v) is 7.14. The molecule has 0 saturated carbocycles. The first-order valence-electron chi connectivity index (χ1n) is 13.5. The summed E-state index contributed by atoms with van der Waals surface area (Å²) < 4.78 is 33.0. The summed E-state index contributed by atoms with van der Waals surface area (Å²) in [7, 11) is 0. The van der Waals surface area contributed by atoms with E-state index in [9.17, 15) is 4.39 Å². The molecule has 0 spiro atoms. The molecule has 1 N–H and O–H groups in total. The predicted molar refractivity (Wildman–Crippen MR) is 153 cm³/mol. The molecular formula is C34H36FNO3. The Labute approximate surface area is 230 Å². The summed E-state index contributed by atoms with van der Waals surface area (Å²) in [6, 6.07) is 31.4. The lowest BCUT2D eigenvalue weighted by Crippen LogP contribution is -2.51. The number of hydrogen-bond acceptors (Lipinski definition) is 4. The Kier molecular flexibility index (Phi) is 8.30. The zero-order valence-electron chi connectivity index (χ0n) is 22.8. The summed E-state index contributed by atoms with van der Waals surface area (Å²) in [4.78, 5) is 0. The predicted octanol–water partition coefficient (Wildman–Crippen LogP) is 7.80. The lowest BCUT2D eigenvalue weighted by atomic mass is 9.87. The lowest BCUT2D eigenvalue weighted by Gasteiger charge is -2.44. The number of rotatable bonds is 10. The van der Waals surface area contributed by atoms with Gasteiger partial charge in [-0.3, -0.25) is 0 Å². The smallest absolute Gasteiger partial charge is 0.132 e. The molecule has 39 heavy (non-hydrogen) atoms. The van der Waals surface area contributed by atoms with E-state index >= 15 is 0 Å². The van der Waals surface area contributed by atoms with Crippen molar-refractivity contribution in [3.05, 3.63) is 131 Å². The normalized spacial score (nSPS) is 17.7. The van der Waals surface area contributed by atoms with Gasteiger partial charge in [0.1, 0.15) is 29.4 Å². The highest BCUT2D eigenvalue weighted by Crippen LogP contribution is 2.44. The molecule has 202 valence electrons. The van der Waals surface area contributed by atoms with Crippen molar-refractivity contribution < 1.29 is 18.6 Å². The third-order valence-electron chi connectivity index (χ3n) is 7.14. The van der Waals surface area contributed by atoms with Crippen LogP contribution < -0.4 is 10.1 Å². The molecule has 5 heteroatoms. The minimum absolute atomic E-state index is 0.237. The van der Waals surface area contributed by atoms with Crippen molar-refractivity contribution in [3.63, 3.8) is 0 Å². The summed E-state index contributed by atoms with van der Waals surface area (Å²) >= 11 is 0. The fourth-order valence-corrected chi connectivity index (χ4v) is 4.93. The number of benzene rings is 4. The zero-order valence-corrected chi connectivity index (χ0v) is 22.8. The van der Waals surface area contributed by atoms with E-state index in [0.29, 0.717) is 19.8 Å². The Hall–Kier alpha value is -3.67. The molecule has 1 aliphatic rings. The van der Waals surface area contributed by atoms with Crippen molar-refractivity contribution in [2.24, 2.45) is 0 Å². The Balaban J connectivity index is 1.38. The van der Waals surface area contributed by atoms with Crippen molar-refractivity contribution in [1.82, 2.24) is 0 Å². The Morgan fingerprint density at radius 2 is 1.54 bits per heavy atom. The first-order chi connectivity index (χ1) is 18.9. The van der Waals surface area contributed by atoms with Crippen LogP contribution in [0.1, 0.15) is 47.8 Å². The maximum absolute atomic E-state index is 13.3. The van der Waals surface area contributed by atoms with Gasteiger partial charge in [-0.2, -0.15) is 0 Å². The van der Waals surface area contributed by atoms with Crippen LogP contribution in [-0.4, -0.2) is 18.3 Å². The fourth-order valence-electron chi connectivity index (χ4n) is 4.93. The van der Waals surface area contributed by atoms with E-state index in [1.54, 1.807) is 12.1 Å². The van der Waals surface area contributed by atoms with Crippen LogP contribution in [0.15, 0.2) is 97.1 Å². The van der Waals surface area contributed by atoms with Gasteiger partial charge in [-0.25, -0.2) is 4.39 Å². The summed E-state index contributed by atoms with van der Waals surface area (Å²) in [6.07, 6.45) is 0.168. The molecule has 0 saturated heterocycles. The van der Waals surface area contributed by atoms with Crippen LogP contribution in [0.5, 0.6) is 5.75 Å². The number of halogens is 1. The SMILES string of the molecule is Cc1ccc(COC2C(OCCc3ccccc3)c3cc(NCc4ccc(F)cc4)ccc3OC2(C)C)cc1. The molecule has 2 unspecified atom stereocenters. The summed E-state index contributed by atoms with van der Waals surface area (Å²) in [5.74, 6) is 0.562. The standard InChI is InChI=1S/C34H36FNO3/c1-24-9-11-27(12-10-24)23-38-33-32(37-20-19-25-7-5-4-6-8-25)30-21-29(17-18-31(30)39-34(33,2)3)36-22-26-13-15-28(35)16-14-26/h4-18,21,32-33,36H,19-20,22-23H2,1-3H3. The molecule has 0 aromatic heterocycles. The van der Waals surface area contributed by atoms with Crippen molar-refractivity contribution in [2.75, 3.05) is 11.9 Å². The highest BCUT2D eigenvalue weighted by Gasteiger charge is 2.45. The van der Waals surface area contributed by atoms with Crippen molar-refractivity contribution in [3.8, 4) is 5.75 Å². The molecule has 0 fully saturated rings. The molecule has 1 aliphatic heterocycles. The van der Waals surface area contributed by atoms with E-state index in [1.807, 2.05) is 18.2 Å². The van der Waals surface area contributed by atoms with E-state index < -0.39 is 5.60 Å². The average molecular weight is 526 g/mol. The first-order valence-corrected chi connectivity index (χ1v) is 13.5. The van der Waals surface area contributed by atoms with E-state index in [2.05, 4.69) is 80.7 Å². The van der Waals surface area contributed by atoms with E-state index in [-0.39, 0.29) is 18.0 Å². The summed E-state index contributed by atoms with van der Waals surface area (Å²) in [6.45, 7) is 7.81. The molecule has 2 atom stereocenters. The highest BCUT2D eigenvalue weighted by atomic mass is 19.1. The lowest BCUT2D eigenvalue weighted by molar-refractivity contribution is -0.167. The topological polar surface area (TPSA) is 39.7 Å². The number of hydrogen-bond donors (Lipinski definition) is 1. The van der Waals surface area contributed by atoms with Gasteiger partial charge in [-0.05, 0) is 74.2 Å². The van der Waals surface area contributed by atoms with Crippen LogP contribution in [0.4, 0.5) is 10.1 Å². The molecule has 1 heterocycles. The van der Waals surface area contributed by atoms with Crippen LogP contribution in [0.2, 0.25) is 0 Å². The molecule has 4 nitrogen and oxygen atoms in total. The van der Waals surface area contributed by atoms with Gasteiger partial charge in [0.05, 0.1) is 13.2 Å². The Morgan fingerprint density at radius 1 is 0.821 bits per heavy atom. The molecule has 0 radical (unpaired) electrons. The van der Waals surface area contributed by atoms with Gasteiger partial charge in [0.2, 0.25) is 0 Å². The Bertz CT molecular complexity index is 1350. The van der Waals surface area contributed by atoms with E-state index in [1.165, 1.54) is 23.3 Å². The number of ether oxygens (including phenoxy) is 3. The number of aryl methyl sites for hydroxylation is 1. The molecule has 0 bridgehead atoms. The zero-order chi connectivity index (χ0) is 27.2.